The van der Waals surface area contributed by atoms with Crippen molar-refractivity contribution in [3.63, 3.8) is 0 Å². The molecular formula is C20H20FN3O3. The fraction of sp³-hybridized carbons (Fsp3) is 0.350. The zero-order valence-corrected chi connectivity index (χ0v) is 15.2. The third kappa shape index (κ3) is 3.49. The molecule has 0 N–H and O–H groups in total. The fourth-order valence-corrected chi connectivity index (χ4v) is 3.49. The molecule has 0 radical (unpaired) electrons. The average Bonchev–Trinajstić information content (AvgIpc) is 3.28. The second-order valence-corrected chi connectivity index (χ2v) is 6.87. The molecule has 0 aliphatic carbocycles. The zero-order valence-electron chi connectivity index (χ0n) is 15.2. The number of carbonyl (C=O) groups is 1. The van der Waals surface area contributed by atoms with Crippen LogP contribution in [0.2, 0.25) is 0 Å². The first-order valence-electron chi connectivity index (χ1n) is 8.97. The minimum Gasteiger partial charge on any atom is -0.466 e. The molecule has 1 amide bonds. The van der Waals surface area contributed by atoms with E-state index in [0.717, 1.165) is 18.6 Å². The van der Waals surface area contributed by atoms with E-state index in [-0.39, 0.29) is 17.6 Å². The number of furan rings is 1. The van der Waals surface area contributed by atoms with Gasteiger partial charge in [-0.05, 0) is 57.0 Å². The first kappa shape index (κ1) is 17.5. The van der Waals surface area contributed by atoms with E-state index in [4.69, 9.17) is 8.83 Å². The van der Waals surface area contributed by atoms with Crippen molar-refractivity contribution in [3.05, 3.63) is 59.1 Å². The summed E-state index contributed by atoms with van der Waals surface area (Å²) in [5, 5.41) is 8.24. The van der Waals surface area contributed by atoms with Crippen LogP contribution in [0.5, 0.6) is 0 Å². The Labute approximate surface area is 156 Å². The van der Waals surface area contributed by atoms with Crippen molar-refractivity contribution in [1.29, 1.82) is 0 Å². The highest BCUT2D eigenvalue weighted by molar-refractivity contribution is 5.95. The summed E-state index contributed by atoms with van der Waals surface area (Å²) >= 11 is 0. The molecule has 0 bridgehead atoms. The van der Waals surface area contributed by atoms with Crippen LogP contribution in [0.3, 0.4) is 0 Å². The average molecular weight is 369 g/mol. The van der Waals surface area contributed by atoms with Gasteiger partial charge in [0.1, 0.15) is 17.3 Å². The molecule has 3 heterocycles. The largest absolute Gasteiger partial charge is 0.466 e. The Hall–Kier alpha value is -2.96. The third-order valence-electron chi connectivity index (χ3n) is 4.86. The summed E-state index contributed by atoms with van der Waals surface area (Å²) in [5.74, 6) is 1.86. The number of nitrogens with zero attached hydrogens (tertiary/aromatic N) is 3. The van der Waals surface area contributed by atoms with Crippen LogP contribution >= 0.6 is 0 Å². The topological polar surface area (TPSA) is 72.4 Å². The van der Waals surface area contributed by atoms with Gasteiger partial charge in [-0.25, -0.2) is 4.39 Å². The van der Waals surface area contributed by atoms with E-state index in [1.807, 2.05) is 11.8 Å². The highest BCUT2D eigenvalue weighted by Crippen LogP contribution is 2.29. The van der Waals surface area contributed by atoms with E-state index in [2.05, 4.69) is 10.2 Å². The molecule has 1 aliphatic heterocycles. The van der Waals surface area contributed by atoms with E-state index in [0.29, 0.717) is 41.8 Å². The number of aromatic nitrogens is 2. The van der Waals surface area contributed by atoms with E-state index in [1.165, 1.54) is 12.1 Å². The molecule has 1 aliphatic rings. The van der Waals surface area contributed by atoms with Gasteiger partial charge < -0.3 is 13.7 Å². The van der Waals surface area contributed by atoms with Crippen LogP contribution < -0.4 is 0 Å². The Kier molecular flexibility index (Phi) is 4.51. The van der Waals surface area contributed by atoms with Crippen LogP contribution in [-0.2, 0) is 0 Å². The van der Waals surface area contributed by atoms with Crippen LogP contribution in [-0.4, -0.2) is 34.1 Å². The van der Waals surface area contributed by atoms with Gasteiger partial charge in [0.05, 0.1) is 11.5 Å². The van der Waals surface area contributed by atoms with Crippen molar-refractivity contribution in [2.24, 2.45) is 0 Å². The maximum atomic E-state index is 13.1. The number of carbonyl (C=O) groups excluding carboxylic acids is 1. The lowest BCUT2D eigenvalue weighted by atomic mass is 9.97. The molecule has 1 aromatic carbocycles. The molecule has 1 saturated heterocycles. The van der Waals surface area contributed by atoms with Crippen molar-refractivity contribution in [1.82, 2.24) is 15.1 Å². The molecule has 4 rings (SSSR count). The molecule has 1 fully saturated rings. The van der Waals surface area contributed by atoms with E-state index in [9.17, 15) is 9.18 Å². The summed E-state index contributed by atoms with van der Waals surface area (Å²) in [6, 6.07) is 7.70. The van der Waals surface area contributed by atoms with E-state index in [1.54, 1.807) is 25.1 Å². The van der Waals surface area contributed by atoms with Gasteiger partial charge in [0.15, 0.2) is 0 Å². The number of aryl methyl sites for hydroxylation is 2. The minimum absolute atomic E-state index is 0.0160. The number of hydrogen-bond acceptors (Lipinski definition) is 5. The quantitative estimate of drug-likeness (QED) is 0.695. The maximum Gasteiger partial charge on any atom is 0.257 e. The predicted octanol–water partition coefficient (Wildman–Crippen LogP) is 4.11. The van der Waals surface area contributed by atoms with Gasteiger partial charge in [0.25, 0.3) is 5.91 Å². The predicted molar refractivity (Wildman–Crippen MR) is 95.8 cm³/mol. The molecule has 2 aromatic heterocycles. The highest BCUT2D eigenvalue weighted by atomic mass is 19.1. The lowest BCUT2D eigenvalue weighted by Gasteiger charge is -2.31. The summed E-state index contributed by atoms with van der Waals surface area (Å²) in [5.41, 5.74) is 1.27. The standard InChI is InChI=1S/C20H20FN3O3/c1-12-10-17(13(2)26-12)20(25)24-9-3-4-15(11-24)19-23-22-18(27-19)14-5-7-16(21)8-6-14/h5-8,10,15H,3-4,9,11H2,1-2H3. The van der Waals surface area contributed by atoms with Gasteiger partial charge in [-0.15, -0.1) is 10.2 Å². The summed E-state index contributed by atoms with van der Waals surface area (Å²) in [6.45, 7) is 4.85. The molecule has 140 valence electrons. The van der Waals surface area contributed by atoms with Gasteiger partial charge in [-0.2, -0.15) is 0 Å². The third-order valence-corrected chi connectivity index (χ3v) is 4.86. The Morgan fingerprint density at radius 2 is 1.96 bits per heavy atom. The molecule has 7 heteroatoms. The summed E-state index contributed by atoms with van der Waals surface area (Å²) in [7, 11) is 0. The van der Waals surface area contributed by atoms with Gasteiger partial charge >= 0.3 is 0 Å². The molecule has 1 atom stereocenters. The lowest BCUT2D eigenvalue weighted by molar-refractivity contribution is 0.0696. The Balaban J connectivity index is 1.51. The number of piperidine rings is 1. The van der Waals surface area contributed by atoms with Crippen LogP contribution in [0, 0.1) is 19.7 Å². The Morgan fingerprint density at radius 1 is 1.19 bits per heavy atom. The number of hydrogen-bond donors (Lipinski definition) is 0. The summed E-state index contributed by atoms with van der Waals surface area (Å²) < 4.78 is 24.4. The number of benzene rings is 1. The molecule has 0 spiro atoms. The van der Waals surface area contributed by atoms with Crippen LogP contribution in [0.25, 0.3) is 11.5 Å². The number of halogens is 1. The Morgan fingerprint density at radius 3 is 2.67 bits per heavy atom. The zero-order chi connectivity index (χ0) is 19.0. The second kappa shape index (κ2) is 6.98. The maximum absolute atomic E-state index is 13.1. The van der Waals surface area contributed by atoms with Crippen molar-refractivity contribution >= 4 is 5.91 Å². The molecule has 1 unspecified atom stereocenters. The van der Waals surface area contributed by atoms with Crippen LogP contribution in [0.4, 0.5) is 4.39 Å². The highest BCUT2D eigenvalue weighted by Gasteiger charge is 2.30. The van der Waals surface area contributed by atoms with E-state index < -0.39 is 0 Å². The normalized spacial score (nSPS) is 17.3. The summed E-state index contributed by atoms with van der Waals surface area (Å²) in [4.78, 5) is 14.6. The number of rotatable bonds is 3. The van der Waals surface area contributed by atoms with Crippen molar-refractivity contribution in [2.75, 3.05) is 13.1 Å². The number of amides is 1. The summed E-state index contributed by atoms with van der Waals surface area (Å²) in [6.07, 6.45) is 1.73. The molecule has 0 saturated carbocycles. The first-order valence-corrected chi connectivity index (χ1v) is 8.97. The van der Waals surface area contributed by atoms with Crippen LogP contribution in [0.1, 0.15) is 46.5 Å². The van der Waals surface area contributed by atoms with Crippen molar-refractivity contribution in [2.45, 2.75) is 32.6 Å². The lowest BCUT2D eigenvalue weighted by Crippen LogP contribution is -2.39. The first-order chi connectivity index (χ1) is 13.0. The smallest absolute Gasteiger partial charge is 0.257 e. The monoisotopic (exact) mass is 369 g/mol. The number of likely N-dealkylation sites (tertiary alicyclic amines) is 1. The van der Waals surface area contributed by atoms with Crippen molar-refractivity contribution < 1.29 is 18.0 Å². The minimum atomic E-state index is -0.315. The fourth-order valence-electron chi connectivity index (χ4n) is 3.49. The molecule has 3 aromatic rings. The van der Waals surface area contributed by atoms with Gasteiger partial charge in [-0.3, -0.25) is 4.79 Å². The molecular weight excluding hydrogens is 349 g/mol. The van der Waals surface area contributed by atoms with Crippen molar-refractivity contribution in [3.8, 4) is 11.5 Å². The van der Waals surface area contributed by atoms with E-state index >= 15 is 0 Å². The van der Waals surface area contributed by atoms with Crippen LogP contribution in [0.15, 0.2) is 39.2 Å². The molecule has 6 nitrogen and oxygen atoms in total. The van der Waals surface area contributed by atoms with Gasteiger partial charge in [-0.1, -0.05) is 0 Å². The second-order valence-electron chi connectivity index (χ2n) is 6.87. The Bertz CT molecular complexity index is 961. The van der Waals surface area contributed by atoms with Gasteiger partial charge in [0, 0.05) is 18.7 Å². The SMILES string of the molecule is Cc1cc(C(=O)N2CCCC(c3nnc(-c4ccc(F)cc4)o3)C2)c(C)o1. The van der Waals surface area contributed by atoms with Gasteiger partial charge in [0.2, 0.25) is 11.8 Å². The molecule has 27 heavy (non-hydrogen) atoms.